The van der Waals surface area contributed by atoms with Crippen molar-refractivity contribution >= 4 is 66.8 Å². The molecule has 0 fully saturated rings. The first-order chi connectivity index (χ1) is 21.3. The van der Waals surface area contributed by atoms with Crippen LogP contribution in [0.15, 0.2) is 168 Å². The van der Waals surface area contributed by atoms with Crippen molar-refractivity contribution in [2.24, 2.45) is 0 Å². The molecule has 8 aromatic rings. The Morgan fingerprint density at radius 1 is 0.442 bits per heavy atom. The Hall–Kier alpha value is -5.87. The number of rotatable bonds is 6. The van der Waals surface area contributed by atoms with E-state index in [0.717, 1.165) is 66.8 Å². The smallest absolute Gasteiger partial charge is 0.137 e. The van der Waals surface area contributed by atoms with Crippen LogP contribution in [-0.4, -0.2) is 4.98 Å². The zero-order chi connectivity index (χ0) is 28.6. The Bertz CT molecular complexity index is 2100. The number of nitrogens with zero attached hydrogens (tertiary/aromatic N) is 3. The summed E-state index contributed by atoms with van der Waals surface area (Å²) in [5.41, 5.74) is 7.97. The number of para-hydroxylation sites is 4. The van der Waals surface area contributed by atoms with Gasteiger partial charge in [-0.05, 0) is 78.2 Å². The van der Waals surface area contributed by atoms with Gasteiger partial charge in [0.15, 0.2) is 0 Å². The van der Waals surface area contributed by atoms with Gasteiger partial charge in [0.05, 0.1) is 11.4 Å². The molecule has 0 aliphatic rings. The molecule has 2 heterocycles. The maximum absolute atomic E-state index is 6.60. The van der Waals surface area contributed by atoms with E-state index in [1.54, 1.807) is 0 Å². The fourth-order valence-electron chi connectivity index (χ4n) is 5.99. The Labute approximate surface area is 249 Å². The fourth-order valence-corrected chi connectivity index (χ4v) is 5.99. The maximum atomic E-state index is 6.60. The molecule has 0 aliphatic heterocycles. The Kier molecular flexibility index (Phi) is 6.08. The summed E-state index contributed by atoms with van der Waals surface area (Å²) in [6.07, 6.45) is 3.76. The number of aromatic nitrogens is 1. The van der Waals surface area contributed by atoms with E-state index in [4.69, 9.17) is 4.42 Å². The van der Waals surface area contributed by atoms with Gasteiger partial charge in [0.25, 0.3) is 0 Å². The molecular weight excluding hydrogens is 526 g/mol. The lowest BCUT2D eigenvalue weighted by Gasteiger charge is -2.33. The van der Waals surface area contributed by atoms with Crippen molar-refractivity contribution in [2.75, 3.05) is 9.80 Å². The van der Waals surface area contributed by atoms with Crippen molar-refractivity contribution in [3.8, 4) is 0 Å². The minimum absolute atomic E-state index is 0.830. The van der Waals surface area contributed by atoms with Gasteiger partial charge in [-0.3, -0.25) is 4.98 Å². The quantitative estimate of drug-likeness (QED) is 0.205. The Morgan fingerprint density at radius 2 is 0.930 bits per heavy atom. The molecule has 2 aromatic heterocycles. The first-order valence-corrected chi connectivity index (χ1v) is 14.4. The van der Waals surface area contributed by atoms with E-state index in [9.17, 15) is 0 Å². The van der Waals surface area contributed by atoms with Crippen molar-refractivity contribution < 1.29 is 4.42 Å². The molecule has 0 radical (unpaired) electrons. The monoisotopic (exact) mass is 553 g/mol. The molecule has 204 valence electrons. The lowest BCUT2D eigenvalue weighted by atomic mass is 10.0. The highest BCUT2D eigenvalue weighted by Gasteiger charge is 2.25. The molecule has 0 aliphatic carbocycles. The summed E-state index contributed by atoms with van der Waals surface area (Å²) in [5, 5.41) is 4.36. The van der Waals surface area contributed by atoms with Gasteiger partial charge in [-0.15, -0.1) is 0 Å². The van der Waals surface area contributed by atoms with Crippen LogP contribution in [0.1, 0.15) is 0 Å². The summed E-state index contributed by atoms with van der Waals surface area (Å²) in [6.45, 7) is 0. The second-order valence-electron chi connectivity index (χ2n) is 10.5. The summed E-state index contributed by atoms with van der Waals surface area (Å²) in [6, 6.07) is 52.8. The topological polar surface area (TPSA) is 32.5 Å². The van der Waals surface area contributed by atoms with Gasteiger partial charge in [-0.2, -0.15) is 0 Å². The van der Waals surface area contributed by atoms with Crippen LogP contribution in [0.4, 0.5) is 34.1 Å². The molecule has 4 nitrogen and oxygen atoms in total. The largest absolute Gasteiger partial charge is 0.456 e. The van der Waals surface area contributed by atoms with E-state index < -0.39 is 0 Å². The van der Waals surface area contributed by atoms with E-state index in [0.29, 0.717) is 0 Å². The average Bonchev–Trinajstić information content (AvgIpc) is 3.45. The van der Waals surface area contributed by atoms with Gasteiger partial charge >= 0.3 is 0 Å². The normalized spacial score (nSPS) is 11.3. The minimum Gasteiger partial charge on any atom is -0.456 e. The molecule has 8 rings (SSSR count). The van der Waals surface area contributed by atoms with Crippen LogP contribution < -0.4 is 9.80 Å². The van der Waals surface area contributed by atoms with Crippen LogP contribution in [0.3, 0.4) is 0 Å². The van der Waals surface area contributed by atoms with Gasteiger partial charge < -0.3 is 14.2 Å². The SMILES string of the molecule is c1ccc(N(c2ccccc2)c2cc3oc4ccc5cnccc5c4c3cc2N(c2ccccc2)c2ccccc2)cc1. The third kappa shape index (κ3) is 4.37. The molecule has 0 bridgehead atoms. The van der Waals surface area contributed by atoms with Gasteiger partial charge in [-0.1, -0.05) is 72.8 Å². The van der Waals surface area contributed by atoms with Crippen molar-refractivity contribution in [3.63, 3.8) is 0 Å². The van der Waals surface area contributed by atoms with Crippen LogP contribution in [0.5, 0.6) is 0 Å². The highest BCUT2D eigenvalue weighted by molar-refractivity contribution is 6.20. The number of hydrogen-bond acceptors (Lipinski definition) is 4. The second kappa shape index (κ2) is 10.5. The van der Waals surface area contributed by atoms with Crippen LogP contribution in [0, 0.1) is 0 Å². The van der Waals surface area contributed by atoms with E-state index in [1.807, 2.05) is 12.4 Å². The van der Waals surface area contributed by atoms with Crippen molar-refractivity contribution in [1.82, 2.24) is 4.98 Å². The van der Waals surface area contributed by atoms with Crippen LogP contribution in [0.2, 0.25) is 0 Å². The van der Waals surface area contributed by atoms with Crippen molar-refractivity contribution in [2.45, 2.75) is 0 Å². The Morgan fingerprint density at radius 3 is 1.44 bits per heavy atom. The van der Waals surface area contributed by atoms with Gasteiger partial charge in [0, 0.05) is 57.4 Å². The number of pyridine rings is 1. The third-order valence-electron chi connectivity index (χ3n) is 7.89. The predicted octanol–water partition coefficient (Wildman–Crippen LogP) is 11.1. The fraction of sp³-hybridized carbons (Fsp3) is 0. The molecule has 0 unspecified atom stereocenters. The van der Waals surface area contributed by atoms with Gasteiger partial charge in [0.1, 0.15) is 11.2 Å². The maximum Gasteiger partial charge on any atom is 0.137 e. The van der Waals surface area contributed by atoms with Gasteiger partial charge in [-0.25, -0.2) is 0 Å². The predicted molar refractivity (Wildman–Crippen MR) is 178 cm³/mol. The molecule has 0 N–H and O–H groups in total. The standard InChI is InChI=1S/C39H27N3O/c1-5-13-29(14-6-1)41(30-15-7-2-8-16-30)35-25-34-38(43-37-22-21-28-27-40-24-23-33(28)39(34)37)26-36(35)42(31-17-9-3-10-18-31)32-19-11-4-12-20-32/h1-27H. The molecule has 43 heavy (non-hydrogen) atoms. The molecule has 0 saturated heterocycles. The van der Waals surface area contributed by atoms with Crippen molar-refractivity contribution in [3.05, 3.63) is 164 Å². The van der Waals surface area contributed by atoms with Gasteiger partial charge in [0.2, 0.25) is 0 Å². The number of fused-ring (bicyclic) bond motifs is 5. The highest BCUT2D eigenvalue weighted by Crippen LogP contribution is 2.49. The zero-order valence-corrected chi connectivity index (χ0v) is 23.3. The van der Waals surface area contributed by atoms with E-state index in [-0.39, 0.29) is 0 Å². The molecule has 4 heteroatoms. The summed E-state index contributed by atoms with van der Waals surface area (Å²) in [4.78, 5) is 9.01. The van der Waals surface area contributed by atoms with Crippen LogP contribution in [0.25, 0.3) is 32.7 Å². The number of furan rings is 1. The van der Waals surface area contributed by atoms with Crippen molar-refractivity contribution in [1.29, 1.82) is 0 Å². The lowest BCUT2D eigenvalue weighted by molar-refractivity contribution is 0.669. The molecule has 0 amide bonds. The summed E-state index contributed by atoms with van der Waals surface area (Å²) in [5.74, 6) is 0. The Balaban J connectivity index is 1.51. The number of hydrogen-bond donors (Lipinski definition) is 0. The van der Waals surface area contributed by atoms with Crippen LogP contribution >= 0.6 is 0 Å². The first kappa shape index (κ1) is 24.9. The second-order valence-corrected chi connectivity index (χ2v) is 10.5. The molecule has 0 spiro atoms. The van der Waals surface area contributed by atoms with E-state index in [1.165, 1.54) is 0 Å². The van der Waals surface area contributed by atoms with Crippen LogP contribution in [-0.2, 0) is 0 Å². The third-order valence-corrected chi connectivity index (χ3v) is 7.89. The molecule has 0 atom stereocenters. The summed E-state index contributed by atoms with van der Waals surface area (Å²) >= 11 is 0. The lowest BCUT2D eigenvalue weighted by Crippen LogP contribution is -2.17. The zero-order valence-electron chi connectivity index (χ0n) is 23.3. The molecule has 0 saturated carbocycles. The molecular formula is C39H27N3O. The molecule has 6 aromatic carbocycles. The highest BCUT2D eigenvalue weighted by atomic mass is 16.3. The average molecular weight is 554 g/mol. The summed E-state index contributed by atoms with van der Waals surface area (Å²) < 4.78 is 6.60. The number of anilines is 6. The summed E-state index contributed by atoms with van der Waals surface area (Å²) in [7, 11) is 0. The minimum atomic E-state index is 0.830. The van der Waals surface area contributed by atoms with E-state index >= 15 is 0 Å². The first-order valence-electron chi connectivity index (χ1n) is 14.4. The van der Waals surface area contributed by atoms with E-state index in [2.05, 4.69) is 166 Å². The number of benzene rings is 6.